The van der Waals surface area contributed by atoms with Crippen LogP contribution in [0.2, 0.25) is 0 Å². The smallest absolute Gasteiger partial charge is 0.191 e. The molecule has 2 rings (SSSR count). The maximum atomic E-state index is 13.8. The molecule has 0 radical (unpaired) electrons. The Hall–Kier alpha value is -2.03. The second-order valence-corrected chi connectivity index (χ2v) is 5.99. The van der Waals surface area contributed by atoms with Crippen LogP contribution in [0.25, 0.3) is 0 Å². The van der Waals surface area contributed by atoms with Crippen molar-refractivity contribution in [2.75, 3.05) is 21.3 Å². The van der Waals surface area contributed by atoms with E-state index in [1.807, 2.05) is 31.2 Å². The van der Waals surface area contributed by atoms with Crippen molar-refractivity contribution in [1.29, 1.82) is 0 Å². The molecule has 27 heavy (non-hydrogen) atoms. The molecule has 0 spiro atoms. The highest BCUT2D eigenvalue weighted by Gasteiger charge is 2.10. The number of benzene rings is 2. The zero-order chi connectivity index (χ0) is 19.1. The molecule has 0 aliphatic heterocycles. The molecule has 148 valence electrons. The van der Waals surface area contributed by atoms with E-state index in [4.69, 9.17) is 9.47 Å². The van der Waals surface area contributed by atoms with E-state index in [2.05, 4.69) is 15.6 Å². The molecule has 7 heteroatoms. The fraction of sp³-hybridized carbons (Fsp3) is 0.350. The zero-order valence-electron chi connectivity index (χ0n) is 16.3. The van der Waals surface area contributed by atoms with Gasteiger partial charge in [0.1, 0.15) is 5.82 Å². The lowest BCUT2D eigenvalue weighted by molar-refractivity contribution is 0.354. The quantitative estimate of drug-likeness (QED) is 0.365. The van der Waals surface area contributed by atoms with E-state index < -0.39 is 0 Å². The molecule has 0 aromatic heterocycles. The topological polar surface area (TPSA) is 54.9 Å². The summed E-state index contributed by atoms with van der Waals surface area (Å²) in [6.07, 6.45) is 0. The normalized spacial score (nSPS) is 12.0. The number of hydrogen-bond donors (Lipinski definition) is 2. The number of rotatable bonds is 6. The summed E-state index contributed by atoms with van der Waals surface area (Å²) < 4.78 is 24.3. The van der Waals surface area contributed by atoms with E-state index in [0.29, 0.717) is 29.6 Å². The fourth-order valence-electron chi connectivity index (χ4n) is 2.54. The van der Waals surface area contributed by atoms with Crippen LogP contribution in [0.4, 0.5) is 4.39 Å². The standard InChI is InChI=1S/C20H26FN3O2.HI/c1-13-6-8-16(11-17(13)21)14(2)24-20(22-3)23-12-15-7-9-18(25-4)19(10-15)26-5;/h6-11,14H,12H2,1-5H3,(H2,22,23,24);1H. The third kappa shape index (κ3) is 6.27. The first-order chi connectivity index (χ1) is 12.5. The minimum atomic E-state index is -0.204. The molecule has 0 fully saturated rings. The van der Waals surface area contributed by atoms with Crippen LogP contribution in [0.15, 0.2) is 41.4 Å². The highest BCUT2D eigenvalue weighted by Crippen LogP contribution is 2.27. The summed E-state index contributed by atoms with van der Waals surface area (Å²) >= 11 is 0. The Kier molecular flexibility index (Phi) is 9.34. The lowest BCUT2D eigenvalue weighted by atomic mass is 10.1. The molecule has 0 amide bonds. The Morgan fingerprint density at radius 1 is 1.11 bits per heavy atom. The summed E-state index contributed by atoms with van der Waals surface area (Å²) in [4.78, 5) is 4.23. The Balaban J connectivity index is 0.00000364. The molecular formula is C20H27FIN3O2. The first-order valence-electron chi connectivity index (χ1n) is 8.42. The lowest BCUT2D eigenvalue weighted by Gasteiger charge is -2.19. The van der Waals surface area contributed by atoms with Gasteiger partial charge < -0.3 is 20.1 Å². The van der Waals surface area contributed by atoms with E-state index >= 15 is 0 Å². The number of guanidine groups is 1. The molecule has 0 saturated carbocycles. The first kappa shape index (κ1) is 23.0. The molecule has 2 aromatic rings. The third-order valence-electron chi connectivity index (χ3n) is 4.18. The average molecular weight is 487 g/mol. The van der Waals surface area contributed by atoms with Crippen LogP contribution in [0.3, 0.4) is 0 Å². The van der Waals surface area contributed by atoms with Crippen LogP contribution in [0.1, 0.15) is 29.7 Å². The van der Waals surface area contributed by atoms with E-state index in [1.165, 1.54) is 0 Å². The number of aliphatic imine (C=N–C) groups is 1. The van der Waals surface area contributed by atoms with Crippen LogP contribution >= 0.6 is 24.0 Å². The van der Waals surface area contributed by atoms with E-state index in [0.717, 1.165) is 11.1 Å². The fourth-order valence-corrected chi connectivity index (χ4v) is 2.54. The van der Waals surface area contributed by atoms with Crippen molar-refractivity contribution in [3.63, 3.8) is 0 Å². The summed E-state index contributed by atoms with van der Waals surface area (Å²) in [7, 11) is 4.92. The second kappa shape index (κ2) is 11.0. The van der Waals surface area contributed by atoms with Gasteiger partial charge in [-0.2, -0.15) is 0 Å². The number of nitrogens with one attached hydrogen (secondary N) is 2. The maximum absolute atomic E-state index is 13.8. The Morgan fingerprint density at radius 3 is 2.41 bits per heavy atom. The Morgan fingerprint density at radius 2 is 1.81 bits per heavy atom. The van der Waals surface area contributed by atoms with Gasteiger partial charge >= 0.3 is 0 Å². The van der Waals surface area contributed by atoms with Crippen LogP contribution < -0.4 is 20.1 Å². The summed E-state index contributed by atoms with van der Waals surface area (Å²) in [5.74, 6) is 1.80. The van der Waals surface area contributed by atoms with Crippen molar-refractivity contribution in [1.82, 2.24) is 10.6 Å². The molecule has 2 aromatic carbocycles. The van der Waals surface area contributed by atoms with Gasteiger partial charge in [0.05, 0.1) is 20.3 Å². The minimum Gasteiger partial charge on any atom is -0.493 e. The molecule has 0 aliphatic rings. The average Bonchev–Trinajstić information content (AvgIpc) is 2.66. The van der Waals surface area contributed by atoms with Crippen LogP contribution in [-0.4, -0.2) is 27.2 Å². The first-order valence-corrected chi connectivity index (χ1v) is 8.42. The molecule has 0 aliphatic carbocycles. The number of aryl methyl sites for hydroxylation is 1. The van der Waals surface area contributed by atoms with Gasteiger partial charge in [-0.3, -0.25) is 4.99 Å². The van der Waals surface area contributed by atoms with E-state index in [-0.39, 0.29) is 35.8 Å². The Bertz CT molecular complexity index is 784. The number of ether oxygens (including phenoxy) is 2. The van der Waals surface area contributed by atoms with Crippen molar-refractivity contribution in [2.24, 2.45) is 4.99 Å². The summed E-state index contributed by atoms with van der Waals surface area (Å²) in [6, 6.07) is 10.9. The van der Waals surface area contributed by atoms with Gasteiger partial charge in [-0.05, 0) is 48.7 Å². The van der Waals surface area contributed by atoms with E-state index in [9.17, 15) is 4.39 Å². The van der Waals surface area contributed by atoms with Gasteiger partial charge in [-0.25, -0.2) is 4.39 Å². The second-order valence-electron chi connectivity index (χ2n) is 5.99. The molecule has 0 bridgehead atoms. The van der Waals surface area contributed by atoms with Crippen molar-refractivity contribution < 1.29 is 13.9 Å². The van der Waals surface area contributed by atoms with Crippen molar-refractivity contribution in [3.8, 4) is 11.5 Å². The molecule has 0 heterocycles. The highest BCUT2D eigenvalue weighted by molar-refractivity contribution is 14.0. The number of hydrogen-bond acceptors (Lipinski definition) is 3. The van der Waals surface area contributed by atoms with Crippen LogP contribution in [-0.2, 0) is 6.54 Å². The summed E-state index contributed by atoms with van der Waals surface area (Å²) in [5, 5.41) is 6.52. The number of halogens is 2. The summed E-state index contributed by atoms with van der Waals surface area (Å²) in [6.45, 7) is 4.28. The van der Waals surface area contributed by atoms with E-state index in [1.54, 1.807) is 40.3 Å². The van der Waals surface area contributed by atoms with Gasteiger partial charge in [0.25, 0.3) is 0 Å². The molecule has 1 atom stereocenters. The van der Waals surface area contributed by atoms with Gasteiger partial charge in [-0.15, -0.1) is 24.0 Å². The van der Waals surface area contributed by atoms with Crippen molar-refractivity contribution in [3.05, 3.63) is 58.9 Å². The number of nitrogens with zero attached hydrogens (tertiary/aromatic N) is 1. The van der Waals surface area contributed by atoms with Crippen molar-refractivity contribution >= 4 is 29.9 Å². The van der Waals surface area contributed by atoms with Gasteiger partial charge in [0, 0.05) is 13.6 Å². The monoisotopic (exact) mass is 487 g/mol. The zero-order valence-corrected chi connectivity index (χ0v) is 18.6. The van der Waals surface area contributed by atoms with Crippen LogP contribution in [0.5, 0.6) is 11.5 Å². The SMILES string of the molecule is CN=C(NCc1ccc(OC)c(OC)c1)NC(C)c1ccc(C)c(F)c1.I. The van der Waals surface area contributed by atoms with Gasteiger partial charge in [-0.1, -0.05) is 18.2 Å². The summed E-state index contributed by atoms with van der Waals surface area (Å²) in [5.41, 5.74) is 2.53. The molecule has 0 saturated heterocycles. The number of methoxy groups -OCH3 is 2. The maximum Gasteiger partial charge on any atom is 0.191 e. The predicted octanol–water partition coefficient (Wildman–Crippen LogP) is 4.20. The van der Waals surface area contributed by atoms with Gasteiger partial charge in [0.2, 0.25) is 0 Å². The van der Waals surface area contributed by atoms with Crippen LogP contribution in [0, 0.1) is 12.7 Å². The lowest BCUT2D eigenvalue weighted by Crippen LogP contribution is -2.38. The molecule has 1 unspecified atom stereocenters. The van der Waals surface area contributed by atoms with Gasteiger partial charge in [0.15, 0.2) is 17.5 Å². The molecule has 2 N–H and O–H groups in total. The Labute approximate surface area is 177 Å². The predicted molar refractivity (Wildman–Crippen MR) is 118 cm³/mol. The molecular weight excluding hydrogens is 460 g/mol. The third-order valence-corrected chi connectivity index (χ3v) is 4.18. The highest BCUT2D eigenvalue weighted by atomic mass is 127. The molecule has 5 nitrogen and oxygen atoms in total. The largest absolute Gasteiger partial charge is 0.493 e. The minimum absolute atomic E-state index is 0. The van der Waals surface area contributed by atoms with Crippen molar-refractivity contribution in [2.45, 2.75) is 26.4 Å².